The highest BCUT2D eigenvalue weighted by Gasteiger charge is 2.30. The summed E-state index contributed by atoms with van der Waals surface area (Å²) in [5.41, 5.74) is 0. The largest absolute Gasteiger partial charge is 0.393 e. The quantitative estimate of drug-likeness (QED) is 0.708. The van der Waals surface area contributed by atoms with Crippen LogP contribution in [0.25, 0.3) is 0 Å². The van der Waals surface area contributed by atoms with E-state index < -0.39 is 0 Å². The molecule has 0 aliphatic heterocycles. The molecule has 0 heterocycles. The van der Waals surface area contributed by atoms with Gasteiger partial charge in [-0.3, -0.25) is 4.79 Å². The molecule has 1 aliphatic carbocycles. The zero-order valence-electron chi connectivity index (χ0n) is 9.33. The van der Waals surface area contributed by atoms with Crippen molar-refractivity contribution >= 4 is 5.78 Å². The number of hydrogen-bond acceptors (Lipinski definition) is 2. The minimum atomic E-state index is -0.244. The van der Waals surface area contributed by atoms with E-state index in [0.717, 1.165) is 25.7 Å². The predicted molar refractivity (Wildman–Crippen MR) is 57.0 cm³/mol. The lowest BCUT2D eigenvalue weighted by molar-refractivity contribution is -0.124. The highest BCUT2D eigenvalue weighted by atomic mass is 16.3. The molecule has 2 nitrogen and oxygen atoms in total. The molecule has 3 atom stereocenters. The Hall–Kier alpha value is -0.370. The zero-order valence-corrected chi connectivity index (χ0v) is 9.33. The summed E-state index contributed by atoms with van der Waals surface area (Å²) in [5.74, 6) is 0.557. The van der Waals surface area contributed by atoms with Crippen LogP contribution in [-0.4, -0.2) is 17.0 Å². The van der Waals surface area contributed by atoms with E-state index in [1.807, 2.05) is 6.92 Å². The molecule has 0 bridgehead atoms. The third kappa shape index (κ3) is 2.81. The molecule has 1 saturated carbocycles. The zero-order chi connectivity index (χ0) is 10.6. The van der Waals surface area contributed by atoms with E-state index in [0.29, 0.717) is 0 Å². The second kappa shape index (κ2) is 5.50. The van der Waals surface area contributed by atoms with Crippen LogP contribution in [0.4, 0.5) is 0 Å². The van der Waals surface area contributed by atoms with E-state index in [4.69, 9.17) is 0 Å². The van der Waals surface area contributed by atoms with Crippen LogP contribution in [0.3, 0.4) is 0 Å². The number of carbonyl (C=O) groups is 1. The molecule has 1 N–H and O–H groups in total. The average Bonchev–Trinajstić information content (AvgIpc) is 2.33. The lowest BCUT2D eigenvalue weighted by Gasteiger charge is -2.27. The molecule has 14 heavy (non-hydrogen) atoms. The van der Waals surface area contributed by atoms with Crippen LogP contribution in [0.2, 0.25) is 0 Å². The highest BCUT2D eigenvalue weighted by Crippen LogP contribution is 2.31. The van der Waals surface area contributed by atoms with Crippen molar-refractivity contribution in [1.82, 2.24) is 0 Å². The van der Waals surface area contributed by atoms with Gasteiger partial charge in [0, 0.05) is 5.92 Å². The van der Waals surface area contributed by atoms with Gasteiger partial charge in [-0.2, -0.15) is 0 Å². The molecule has 1 aliphatic rings. The van der Waals surface area contributed by atoms with Crippen molar-refractivity contribution in [3.8, 4) is 0 Å². The molecule has 0 amide bonds. The van der Waals surface area contributed by atoms with E-state index in [-0.39, 0.29) is 23.7 Å². The SMILES string of the molecule is CCC(C(C)=O)C1CCCCCC1O. The fourth-order valence-corrected chi connectivity index (χ4v) is 2.68. The molecular formula is C12H22O2. The van der Waals surface area contributed by atoms with Crippen molar-refractivity contribution in [2.75, 3.05) is 0 Å². The average molecular weight is 198 g/mol. The smallest absolute Gasteiger partial charge is 0.133 e. The fraction of sp³-hybridized carbons (Fsp3) is 0.917. The summed E-state index contributed by atoms with van der Waals surface area (Å²) in [6.45, 7) is 3.70. The van der Waals surface area contributed by atoms with Crippen molar-refractivity contribution in [2.45, 2.75) is 58.5 Å². The summed E-state index contributed by atoms with van der Waals surface area (Å²) in [7, 11) is 0. The van der Waals surface area contributed by atoms with Crippen LogP contribution >= 0.6 is 0 Å². The second-order valence-electron chi connectivity index (χ2n) is 4.49. The molecule has 1 fully saturated rings. The first-order chi connectivity index (χ1) is 6.66. The molecule has 0 radical (unpaired) electrons. The van der Waals surface area contributed by atoms with Gasteiger partial charge in [-0.25, -0.2) is 0 Å². The van der Waals surface area contributed by atoms with Gasteiger partial charge in [-0.05, 0) is 32.1 Å². The van der Waals surface area contributed by atoms with Gasteiger partial charge in [0.1, 0.15) is 5.78 Å². The van der Waals surface area contributed by atoms with Crippen LogP contribution in [0.5, 0.6) is 0 Å². The predicted octanol–water partition coefficient (Wildman–Crippen LogP) is 2.54. The summed E-state index contributed by atoms with van der Waals surface area (Å²) in [6.07, 6.45) is 6.04. The first kappa shape index (κ1) is 11.7. The van der Waals surface area contributed by atoms with E-state index in [1.54, 1.807) is 6.92 Å². The molecule has 82 valence electrons. The van der Waals surface area contributed by atoms with Crippen molar-refractivity contribution in [3.63, 3.8) is 0 Å². The summed E-state index contributed by atoms with van der Waals surface area (Å²) >= 11 is 0. The molecule has 1 rings (SSSR count). The summed E-state index contributed by atoms with van der Waals surface area (Å²) in [5, 5.41) is 9.95. The van der Waals surface area contributed by atoms with E-state index >= 15 is 0 Å². The minimum absolute atomic E-state index is 0.0862. The van der Waals surface area contributed by atoms with Gasteiger partial charge in [0.15, 0.2) is 0 Å². The van der Waals surface area contributed by atoms with Gasteiger partial charge in [0.25, 0.3) is 0 Å². The van der Waals surface area contributed by atoms with Gasteiger partial charge < -0.3 is 5.11 Å². The van der Waals surface area contributed by atoms with Crippen molar-refractivity contribution in [2.24, 2.45) is 11.8 Å². The molecule has 0 aromatic rings. The Morgan fingerprint density at radius 1 is 1.36 bits per heavy atom. The lowest BCUT2D eigenvalue weighted by Crippen LogP contribution is -2.30. The van der Waals surface area contributed by atoms with Gasteiger partial charge >= 0.3 is 0 Å². The van der Waals surface area contributed by atoms with Crippen molar-refractivity contribution < 1.29 is 9.90 Å². The Labute approximate surface area is 86.7 Å². The minimum Gasteiger partial charge on any atom is -0.393 e. The number of ketones is 1. The Morgan fingerprint density at radius 2 is 2.00 bits per heavy atom. The van der Waals surface area contributed by atoms with Crippen LogP contribution in [0, 0.1) is 11.8 Å². The number of carbonyl (C=O) groups excluding carboxylic acids is 1. The third-order valence-electron chi connectivity index (χ3n) is 3.51. The Kier molecular flexibility index (Phi) is 4.59. The first-order valence-corrected chi connectivity index (χ1v) is 5.85. The van der Waals surface area contributed by atoms with Crippen LogP contribution in [0.15, 0.2) is 0 Å². The normalized spacial score (nSPS) is 30.8. The molecule has 3 unspecified atom stereocenters. The summed E-state index contributed by atoms with van der Waals surface area (Å²) in [6, 6.07) is 0. The maximum atomic E-state index is 11.4. The Balaban J connectivity index is 2.65. The second-order valence-corrected chi connectivity index (χ2v) is 4.49. The standard InChI is InChI=1S/C12H22O2/c1-3-10(9(2)13)11-7-5-4-6-8-12(11)14/h10-12,14H,3-8H2,1-2H3. The highest BCUT2D eigenvalue weighted by molar-refractivity contribution is 5.78. The van der Waals surface area contributed by atoms with E-state index in [2.05, 4.69) is 0 Å². The molecule has 2 heteroatoms. The Bertz CT molecular complexity index is 189. The maximum absolute atomic E-state index is 11.4. The Morgan fingerprint density at radius 3 is 2.57 bits per heavy atom. The monoisotopic (exact) mass is 198 g/mol. The summed E-state index contributed by atoms with van der Waals surface area (Å²) in [4.78, 5) is 11.4. The molecular weight excluding hydrogens is 176 g/mol. The topological polar surface area (TPSA) is 37.3 Å². The van der Waals surface area contributed by atoms with Crippen molar-refractivity contribution in [3.05, 3.63) is 0 Å². The lowest BCUT2D eigenvalue weighted by atomic mass is 9.80. The molecule has 0 aromatic heterocycles. The maximum Gasteiger partial charge on any atom is 0.133 e. The van der Waals surface area contributed by atoms with Crippen LogP contribution in [0.1, 0.15) is 52.4 Å². The number of Topliss-reactive ketones (excluding diaryl/α,β-unsaturated/α-hetero) is 1. The number of aliphatic hydroxyl groups is 1. The number of aliphatic hydroxyl groups excluding tert-OH is 1. The van der Waals surface area contributed by atoms with Gasteiger partial charge in [-0.1, -0.05) is 26.2 Å². The van der Waals surface area contributed by atoms with Crippen LogP contribution < -0.4 is 0 Å². The molecule has 0 aromatic carbocycles. The molecule has 0 saturated heterocycles. The third-order valence-corrected chi connectivity index (χ3v) is 3.51. The number of rotatable bonds is 3. The van der Waals surface area contributed by atoms with E-state index in [1.165, 1.54) is 12.8 Å². The fourth-order valence-electron chi connectivity index (χ4n) is 2.68. The van der Waals surface area contributed by atoms with Gasteiger partial charge in [0.05, 0.1) is 6.10 Å². The van der Waals surface area contributed by atoms with Gasteiger partial charge in [-0.15, -0.1) is 0 Å². The first-order valence-electron chi connectivity index (χ1n) is 5.85. The number of hydrogen-bond donors (Lipinski definition) is 1. The van der Waals surface area contributed by atoms with Crippen LogP contribution in [-0.2, 0) is 4.79 Å². The summed E-state index contributed by atoms with van der Waals surface area (Å²) < 4.78 is 0. The van der Waals surface area contributed by atoms with Gasteiger partial charge in [0.2, 0.25) is 0 Å². The molecule has 0 spiro atoms. The van der Waals surface area contributed by atoms with E-state index in [9.17, 15) is 9.90 Å². The van der Waals surface area contributed by atoms with Crippen molar-refractivity contribution in [1.29, 1.82) is 0 Å².